The molecule has 0 aliphatic carbocycles. The highest BCUT2D eigenvalue weighted by Gasteiger charge is 2.31. The van der Waals surface area contributed by atoms with Gasteiger partial charge in [0.1, 0.15) is 11.9 Å². The summed E-state index contributed by atoms with van der Waals surface area (Å²) in [6.07, 6.45) is 1.44. The van der Waals surface area contributed by atoms with E-state index in [2.05, 4.69) is 15.8 Å². The van der Waals surface area contributed by atoms with E-state index in [1.165, 1.54) is 12.1 Å². The Balaban J connectivity index is 1.44. The van der Waals surface area contributed by atoms with Crippen LogP contribution in [0, 0.1) is 5.82 Å². The van der Waals surface area contributed by atoms with Gasteiger partial charge >= 0.3 is 0 Å². The zero-order valence-electron chi connectivity index (χ0n) is 14.5. The highest BCUT2D eigenvalue weighted by Crippen LogP contribution is 2.17. The lowest BCUT2D eigenvalue weighted by atomic mass is 10.0. The number of benzene rings is 1. The lowest BCUT2D eigenvalue weighted by Crippen LogP contribution is -2.49. The summed E-state index contributed by atoms with van der Waals surface area (Å²) >= 11 is 0. The minimum absolute atomic E-state index is 0.0479. The number of oxime groups is 1. The van der Waals surface area contributed by atoms with Crippen molar-refractivity contribution in [2.24, 2.45) is 5.16 Å². The molecule has 2 aliphatic heterocycles. The van der Waals surface area contributed by atoms with Gasteiger partial charge in [0.25, 0.3) is 5.91 Å². The molecule has 3 rings (SSSR count). The van der Waals surface area contributed by atoms with Crippen molar-refractivity contribution in [3.8, 4) is 0 Å². The van der Waals surface area contributed by atoms with Gasteiger partial charge in [-0.2, -0.15) is 0 Å². The van der Waals surface area contributed by atoms with E-state index in [9.17, 15) is 14.0 Å². The third kappa shape index (κ3) is 4.57. The van der Waals surface area contributed by atoms with Crippen molar-refractivity contribution in [2.45, 2.75) is 44.4 Å². The molecule has 2 aliphatic rings. The molecule has 26 heavy (non-hydrogen) atoms. The SMILES string of the molecule is C[C@H](NC(=O)[C@@H]1CC(c2ccc(F)cc2)=NO1)C(=O)NC[C@H]1CCCO1. The molecular weight excluding hydrogens is 341 g/mol. The zero-order valence-corrected chi connectivity index (χ0v) is 14.5. The fourth-order valence-corrected chi connectivity index (χ4v) is 2.88. The molecule has 1 aromatic rings. The minimum Gasteiger partial charge on any atom is -0.382 e. The van der Waals surface area contributed by atoms with Gasteiger partial charge in [-0.25, -0.2) is 4.39 Å². The van der Waals surface area contributed by atoms with Crippen molar-refractivity contribution in [1.82, 2.24) is 10.6 Å². The Kier molecular flexibility index (Phi) is 5.82. The van der Waals surface area contributed by atoms with Gasteiger partial charge in [0.15, 0.2) is 0 Å². The van der Waals surface area contributed by atoms with E-state index in [4.69, 9.17) is 9.57 Å². The van der Waals surface area contributed by atoms with E-state index in [1.54, 1.807) is 19.1 Å². The Bertz CT molecular complexity index is 686. The second-order valence-electron chi connectivity index (χ2n) is 6.45. The maximum Gasteiger partial charge on any atom is 0.264 e. The number of hydrogen-bond donors (Lipinski definition) is 2. The normalized spacial score (nSPS) is 23.1. The van der Waals surface area contributed by atoms with Gasteiger partial charge in [0, 0.05) is 19.6 Å². The van der Waals surface area contributed by atoms with Crippen LogP contribution in [0.3, 0.4) is 0 Å². The van der Waals surface area contributed by atoms with Crippen LogP contribution >= 0.6 is 0 Å². The second-order valence-corrected chi connectivity index (χ2v) is 6.45. The van der Waals surface area contributed by atoms with Crippen LogP contribution in [-0.2, 0) is 19.2 Å². The Labute approximate surface area is 150 Å². The van der Waals surface area contributed by atoms with Gasteiger partial charge in [-0.15, -0.1) is 0 Å². The Morgan fingerprint density at radius 2 is 2.12 bits per heavy atom. The molecular formula is C18H22FN3O4. The van der Waals surface area contributed by atoms with Gasteiger partial charge < -0.3 is 20.2 Å². The Hall–Kier alpha value is -2.48. The smallest absolute Gasteiger partial charge is 0.264 e. The molecule has 0 aromatic heterocycles. The number of halogens is 1. The highest BCUT2D eigenvalue weighted by atomic mass is 19.1. The third-order valence-corrected chi connectivity index (χ3v) is 4.42. The molecule has 0 spiro atoms. The van der Waals surface area contributed by atoms with Gasteiger partial charge in [0.2, 0.25) is 12.0 Å². The highest BCUT2D eigenvalue weighted by molar-refractivity contribution is 6.04. The first kappa shape index (κ1) is 18.3. The molecule has 1 fully saturated rings. The summed E-state index contributed by atoms with van der Waals surface area (Å²) in [5.74, 6) is -1.03. The predicted octanol–water partition coefficient (Wildman–Crippen LogP) is 1.12. The van der Waals surface area contributed by atoms with E-state index >= 15 is 0 Å². The quantitative estimate of drug-likeness (QED) is 0.793. The lowest BCUT2D eigenvalue weighted by molar-refractivity contribution is -0.135. The maximum absolute atomic E-state index is 13.0. The molecule has 1 aromatic carbocycles. The number of ether oxygens (including phenoxy) is 1. The summed E-state index contributed by atoms with van der Waals surface area (Å²) in [5, 5.41) is 9.30. The number of carbonyl (C=O) groups is 2. The molecule has 2 heterocycles. The van der Waals surface area contributed by atoms with Crippen LogP contribution in [0.2, 0.25) is 0 Å². The van der Waals surface area contributed by atoms with Crippen molar-refractivity contribution in [2.75, 3.05) is 13.2 Å². The lowest BCUT2D eigenvalue weighted by Gasteiger charge is -2.17. The van der Waals surface area contributed by atoms with E-state index in [0.717, 1.165) is 19.4 Å². The van der Waals surface area contributed by atoms with E-state index < -0.39 is 18.1 Å². The van der Waals surface area contributed by atoms with Crippen molar-refractivity contribution >= 4 is 17.5 Å². The third-order valence-electron chi connectivity index (χ3n) is 4.42. The summed E-state index contributed by atoms with van der Waals surface area (Å²) in [5.41, 5.74) is 1.27. The van der Waals surface area contributed by atoms with Crippen LogP contribution in [0.15, 0.2) is 29.4 Å². The fourth-order valence-electron chi connectivity index (χ4n) is 2.88. The molecule has 0 saturated carbocycles. The van der Waals surface area contributed by atoms with Crippen LogP contribution < -0.4 is 10.6 Å². The number of rotatable bonds is 6. The van der Waals surface area contributed by atoms with E-state index in [1.807, 2.05) is 0 Å². The number of carbonyl (C=O) groups excluding carboxylic acids is 2. The van der Waals surface area contributed by atoms with Crippen LogP contribution in [-0.4, -0.2) is 48.9 Å². The molecule has 0 unspecified atom stereocenters. The minimum atomic E-state index is -0.802. The molecule has 2 N–H and O–H groups in total. The Morgan fingerprint density at radius 1 is 1.35 bits per heavy atom. The standard InChI is InChI=1S/C18H22FN3O4/c1-11(17(23)20-10-14-3-2-8-25-14)21-18(24)16-9-15(22-26-16)12-4-6-13(19)7-5-12/h4-7,11,14,16H,2-3,8-10H2,1H3,(H,20,23)(H,21,24)/t11-,14+,16-/m0/s1. The monoisotopic (exact) mass is 363 g/mol. The summed E-state index contributed by atoms with van der Waals surface area (Å²) in [6.45, 7) is 2.78. The number of nitrogens with one attached hydrogen (secondary N) is 2. The predicted molar refractivity (Wildman–Crippen MR) is 92.0 cm³/mol. The first-order valence-electron chi connectivity index (χ1n) is 8.71. The number of hydrogen-bond acceptors (Lipinski definition) is 5. The van der Waals surface area contributed by atoms with Crippen LogP contribution in [0.1, 0.15) is 31.7 Å². The molecule has 1 saturated heterocycles. The molecule has 0 radical (unpaired) electrons. The second kappa shape index (κ2) is 8.27. The van der Waals surface area contributed by atoms with Crippen molar-refractivity contribution in [3.05, 3.63) is 35.6 Å². The van der Waals surface area contributed by atoms with Crippen LogP contribution in [0.4, 0.5) is 4.39 Å². The fraction of sp³-hybridized carbons (Fsp3) is 0.500. The Morgan fingerprint density at radius 3 is 2.81 bits per heavy atom. The maximum atomic E-state index is 13.0. The van der Waals surface area contributed by atoms with E-state index in [-0.39, 0.29) is 24.2 Å². The first-order chi connectivity index (χ1) is 12.5. The van der Waals surface area contributed by atoms with Gasteiger partial charge in [-0.1, -0.05) is 17.3 Å². The van der Waals surface area contributed by atoms with Gasteiger partial charge in [-0.3, -0.25) is 9.59 Å². The number of amides is 2. The largest absolute Gasteiger partial charge is 0.382 e. The zero-order chi connectivity index (χ0) is 18.5. The molecule has 7 nitrogen and oxygen atoms in total. The first-order valence-corrected chi connectivity index (χ1v) is 8.71. The molecule has 8 heteroatoms. The summed E-state index contributed by atoms with van der Waals surface area (Å²) in [4.78, 5) is 29.5. The van der Waals surface area contributed by atoms with E-state index in [0.29, 0.717) is 17.8 Å². The average Bonchev–Trinajstić information content (AvgIpc) is 3.32. The number of nitrogens with zero attached hydrogens (tertiary/aromatic N) is 1. The van der Waals surface area contributed by atoms with Crippen LogP contribution in [0.25, 0.3) is 0 Å². The topological polar surface area (TPSA) is 89.0 Å². The summed E-state index contributed by atoms with van der Waals surface area (Å²) < 4.78 is 18.4. The summed E-state index contributed by atoms with van der Waals surface area (Å²) in [6, 6.07) is 5.12. The van der Waals surface area contributed by atoms with Crippen molar-refractivity contribution in [3.63, 3.8) is 0 Å². The van der Waals surface area contributed by atoms with Crippen molar-refractivity contribution < 1.29 is 23.6 Å². The molecule has 2 amide bonds. The van der Waals surface area contributed by atoms with Crippen molar-refractivity contribution in [1.29, 1.82) is 0 Å². The van der Waals surface area contributed by atoms with Gasteiger partial charge in [-0.05, 0) is 37.5 Å². The van der Waals surface area contributed by atoms with Crippen LogP contribution in [0.5, 0.6) is 0 Å². The molecule has 3 atom stereocenters. The molecule has 140 valence electrons. The summed E-state index contributed by atoms with van der Waals surface area (Å²) in [7, 11) is 0. The molecule has 0 bridgehead atoms. The average molecular weight is 363 g/mol. The van der Waals surface area contributed by atoms with Gasteiger partial charge in [0.05, 0.1) is 11.8 Å².